The normalized spacial score (nSPS) is 29.7. The van der Waals surface area contributed by atoms with Crippen molar-refractivity contribution in [2.24, 2.45) is 11.0 Å². The van der Waals surface area contributed by atoms with E-state index >= 15 is 0 Å². The lowest BCUT2D eigenvalue weighted by Crippen LogP contribution is -2.46. The van der Waals surface area contributed by atoms with Crippen molar-refractivity contribution in [3.63, 3.8) is 0 Å². The van der Waals surface area contributed by atoms with E-state index in [9.17, 15) is 23.4 Å². The highest BCUT2D eigenvalue weighted by Crippen LogP contribution is 2.50. The van der Waals surface area contributed by atoms with E-state index in [2.05, 4.69) is 25.0 Å². The molecule has 14 heteroatoms. The largest absolute Gasteiger partial charge is 0.398 e. The van der Waals surface area contributed by atoms with Crippen LogP contribution in [0, 0.1) is 5.92 Å². The maximum Gasteiger partial charge on any atom is 0.398 e. The van der Waals surface area contributed by atoms with Crippen LogP contribution in [-0.4, -0.2) is 54.3 Å². The van der Waals surface area contributed by atoms with Crippen LogP contribution in [0.25, 0.3) is 21.6 Å². The van der Waals surface area contributed by atoms with Crippen molar-refractivity contribution in [1.82, 2.24) is 19.5 Å². The number of azide groups is 1. The van der Waals surface area contributed by atoms with Crippen molar-refractivity contribution in [3.8, 4) is 0 Å². The van der Waals surface area contributed by atoms with Gasteiger partial charge in [0.25, 0.3) is 0 Å². The van der Waals surface area contributed by atoms with Gasteiger partial charge in [-0.2, -0.15) is 13.2 Å². The van der Waals surface area contributed by atoms with Gasteiger partial charge in [-0.15, -0.1) is 0 Å². The van der Waals surface area contributed by atoms with Crippen LogP contribution in [0.1, 0.15) is 6.23 Å². The third kappa shape index (κ3) is 2.51. The number of fused-ring (bicyclic) bond motifs is 1. The van der Waals surface area contributed by atoms with Gasteiger partial charge in [-0.05, 0) is 5.53 Å². The number of halogens is 3. The molecule has 1 fully saturated rings. The highest BCUT2D eigenvalue weighted by atomic mass is 19.4. The molecule has 0 unspecified atom stereocenters. The fourth-order valence-corrected chi connectivity index (χ4v) is 2.74. The van der Waals surface area contributed by atoms with Crippen molar-refractivity contribution < 1.29 is 28.1 Å². The van der Waals surface area contributed by atoms with Gasteiger partial charge in [0, 0.05) is 4.91 Å². The first-order valence-electron chi connectivity index (χ1n) is 6.78. The van der Waals surface area contributed by atoms with Crippen LogP contribution < -0.4 is 5.73 Å². The van der Waals surface area contributed by atoms with Gasteiger partial charge in [-0.1, -0.05) is 5.11 Å². The number of hydrogen-bond donors (Lipinski definition) is 3. The average Bonchev–Trinajstić information content (AvgIpc) is 3.08. The molecule has 0 amide bonds. The number of rotatable bonds is 3. The number of nitrogens with two attached hydrogens (primary N) is 1. The number of nitrogens with zero attached hydrogens (tertiary/aromatic N) is 7. The summed E-state index contributed by atoms with van der Waals surface area (Å²) >= 11 is 0. The Morgan fingerprint density at radius 1 is 1.44 bits per heavy atom. The van der Waals surface area contributed by atoms with E-state index in [1.165, 1.54) is 0 Å². The highest BCUT2D eigenvalue weighted by molar-refractivity contribution is 5.81. The quantitative estimate of drug-likeness (QED) is 0.406. The molecule has 2 aromatic heterocycles. The van der Waals surface area contributed by atoms with Gasteiger partial charge in [0.05, 0.1) is 12.9 Å². The SMILES string of the molecule is [N-]=[N+]=N[C@]1(CO)O[C@H](n2cnc3c(N)ncnc32)[C@@H](C(F)(F)F)[C@@H]1O. The van der Waals surface area contributed by atoms with E-state index in [1.807, 2.05) is 0 Å². The maximum atomic E-state index is 13.5. The number of aliphatic hydroxyl groups is 2. The summed E-state index contributed by atoms with van der Waals surface area (Å²) in [5.74, 6) is -2.58. The number of aliphatic hydroxyl groups excluding tert-OH is 2. The van der Waals surface area contributed by atoms with E-state index in [0.717, 1.165) is 17.2 Å². The summed E-state index contributed by atoms with van der Waals surface area (Å²) in [6.45, 7) is -1.16. The number of aromatic nitrogens is 4. The minimum atomic E-state index is -4.94. The summed E-state index contributed by atoms with van der Waals surface area (Å²) in [5, 5.41) is 22.5. The standard InChI is InChI=1S/C11H11F3N8O3/c12-11(13,14)4-6(24)10(1-23,20-21-16)25-9(4)22-3-19-5-7(15)17-2-18-8(5)22/h2-4,6,9,23-24H,1H2,(H2,15,17,18)/t4-,6-,9-,10+/m0/s1. The first-order chi connectivity index (χ1) is 11.7. The molecule has 1 aliphatic rings. The molecular weight excluding hydrogens is 349 g/mol. The van der Waals surface area contributed by atoms with Crippen LogP contribution in [0.15, 0.2) is 17.8 Å². The molecule has 3 heterocycles. The summed E-state index contributed by atoms with van der Waals surface area (Å²) in [7, 11) is 0. The van der Waals surface area contributed by atoms with Crippen LogP contribution >= 0.6 is 0 Å². The second kappa shape index (κ2) is 5.70. The van der Waals surface area contributed by atoms with E-state index in [-0.39, 0.29) is 17.0 Å². The van der Waals surface area contributed by atoms with Crippen LogP contribution in [0.2, 0.25) is 0 Å². The van der Waals surface area contributed by atoms with Crippen LogP contribution in [0.3, 0.4) is 0 Å². The van der Waals surface area contributed by atoms with E-state index in [4.69, 9.17) is 16.0 Å². The number of imidazole rings is 1. The summed E-state index contributed by atoms with van der Waals surface area (Å²) < 4.78 is 46.6. The van der Waals surface area contributed by atoms with Gasteiger partial charge < -0.3 is 20.7 Å². The lowest BCUT2D eigenvalue weighted by Gasteiger charge is -2.25. The van der Waals surface area contributed by atoms with Crippen molar-refractivity contribution >= 4 is 17.0 Å². The zero-order chi connectivity index (χ0) is 18.4. The predicted molar refractivity (Wildman–Crippen MR) is 74.4 cm³/mol. The molecule has 11 nitrogen and oxygen atoms in total. The van der Waals surface area contributed by atoms with Crippen LogP contribution in [-0.2, 0) is 4.74 Å². The van der Waals surface area contributed by atoms with Crippen LogP contribution in [0.4, 0.5) is 19.0 Å². The Morgan fingerprint density at radius 3 is 2.76 bits per heavy atom. The lowest BCUT2D eigenvalue weighted by molar-refractivity contribution is -0.210. The summed E-state index contributed by atoms with van der Waals surface area (Å²) in [5.41, 5.74) is 11.6. The molecule has 1 saturated heterocycles. The molecule has 134 valence electrons. The number of ether oxygens (including phenoxy) is 1. The maximum absolute atomic E-state index is 13.5. The Labute approximate surface area is 136 Å². The second-order valence-electron chi connectivity index (χ2n) is 5.30. The minimum absolute atomic E-state index is 0.0341. The zero-order valence-electron chi connectivity index (χ0n) is 12.2. The molecule has 25 heavy (non-hydrogen) atoms. The first kappa shape index (κ1) is 17.2. The Bertz CT molecular complexity index is 851. The Morgan fingerprint density at radius 2 is 2.16 bits per heavy atom. The van der Waals surface area contributed by atoms with Crippen molar-refractivity contribution in [2.45, 2.75) is 24.2 Å². The Balaban J connectivity index is 2.18. The fourth-order valence-electron chi connectivity index (χ4n) is 2.74. The number of hydrogen-bond acceptors (Lipinski definition) is 8. The predicted octanol–water partition coefficient (Wildman–Crippen LogP) is 0.476. The number of anilines is 1. The molecule has 2 aromatic rings. The molecular formula is C11H11F3N8O3. The zero-order valence-corrected chi connectivity index (χ0v) is 12.2. The molecule has 0 aliphatic carbocycles. The average molecular weight is 360 g/mol. The Hall–Kier alpha value is -2.67. The van der Waals surface area contributed by atoms with Crippen LogP contribution in [0.5, 0.6) is 0 Å². The van der Waals surface area contributed by atoms with E-state index in [1.54, 1.807) is 0 Å². The van der Waals surface area contributed by atoms with E-state index < -0.39 is 36.8 Å². The summed E-state index contributed by atoms with van der Waals surface area (Å²) in [6.07, 6.45) is -7.19. The van der Waals surface area contributed by atoms with Gasteiger partial charge in [0.15, 0.2) is 23.4 Å². The molecule has 0 saturated carbocycles. The molecule has 0 bridgehead atoms. The smallest absolute Gasteiger partial charge is 0.393 e. The van der Waals surface area contributed by atoms with Gasteiger partial charge in [-0.25, -0.2) is 15.0 Å². The highest BCUT2D eigenvalue weighted by Gasteiger charge is 2.64. The van der Waals surface area contributed by atoms with Gasteiger partial charge >= 0.3 is 6.18 Å². The first-order valence-corrected chi connectivity index (χ1v) is 6.78. The molecule has 4 atom stereocenters. The minimum Gasteiger partial charge on any atom is -0.393 e. The van der Waals surface area contributed by atoms with Gasteiger partial charge in [0.2, 0.25) is 0 Å². The van der Waals surface area contributed by atoms with Gasteiger partial charge in [0.1, 0.15) is 23.9 Å². The van der Waals surface area contributed by atoms with Crippen molar-refractivity contribution in [2.75, 3.05) is 12.3 Å². The van der Waals surface area contributed by atoms with Gasteiger partial charge in [-0.3, -0.25) is 4.57 Å². The third-order valence-corrected chi connectivity index (χ3v) is 3.91. The third-order valence-electron chi connectivity index (χ3n) is 3.91. The number of alkyl halides is 3. The number of nitrogen functional groups attached to an aromatic ring is 1. The molecule has 3 rings (SSSR count). The monoisotopic (exact) mass is 360 g/mol. The molecule has 4 N–H and O–H groups in total. The second-order valence-corrected chi connectivity index (χ2v) is 5.30. The molecule has 0 aromatic carbocycles. The van der Waals surface area contributed by atoms with Crippen molar-refractivity contribution in [3.05, 3.63) is 23.1 Å². The fraction of sp³-hybridized carbons (Fsp3) is 0.545. The topological polar surface area (TPSA) is 168 Å². The molecule has 0 radical (unpaired) electrons. The summed E-state index contributed by atoms with van der Waals surface area (Å²) in [4.78, 5) is 13.7. The molecule has 0 spiro atoms. The summed E-state index contributed by atoms with van der Waals surface area (Å²) in [6, 6.07) is 0. The lowest BCUT2D eigenvalue weighted by atomic mass is 9.95. The Kier molecular flexibility index (Phi) is 3.91. The molecule has 1 aliphatic heterocycles. The van der Waals surface area contributed by atoms with Crippen molar-refractivity contribution in [1.29, 1.82) is 0 Å². The van der Waals surface area contributed by atoms with E-state index in [0.29, 0.717) is 0 Å².